The second-order valence-corrected chi connectivity index (χ2v) is 5.48. The molecule has 0 saturated carbocycles. The molecule has 130 valence electrons. The van der Waals surface area contributed by atoms with Gasteiger partial charge < -0.3 is 15.1 Å². The van der Waals surface area contributed by atoms with Crippen LogP contribution >= 0.6 is 0 Å². The number of halogens is 2. The Hall–Kier alpha value is -3.10. The second-order valence-electron chi connectivity index (χ2n) is 5.48. The topological polar surface area (TPSA) is 78.4 Å². The first kappa shape index (κ1) is 16.7. The molecule has 2 aromatic rings. The first-order valence-corrected chi connectivity index (χ1v) is 7.59. The highest BCUT2D eigenvalue weighted by Gasteiger charge is 2.18. The molecule has 1 aromatic carbocycles. The number of piperazine rings is 1. The average molecular weight is 347 g/mol. The summed E-state index contributed by atoms with van der Waals surface area (Å²) < 4.78 is 26.1. The summed E-state index contributed by atoms with van der Waals surface area (Å²) in [6.07, 6.45) is 3.54. The van der Waals surface area contributed by atoms with Gasteiger partial charge in [-0.1, -0.05) is 0 Å². The van der Waals surface area contributed by atoms with Gasteiger partial charge in [0, 0.05) is 50.3 Å². The van der Waals surface area contributed by atoms with E-state index in [2.05, 4.69) is 15.3 Å². The lowest BCUT2D eigenvalue weighted by Gasteiger charge is -2.32. The standard InChI is InChI=1S/C16H15F2N5O2/c17-13-2-1-12(7-14(13)18)21-15(25)11-8-19-16(20-9-11)23-5-3-22(10-24)4-6-23/h1-2,7-10H,3-6H2,(H,21,25). The van der Waals surface area contributed by atoms with Crippen molar-refractivity contribution in [3.63, 3.8) is 0 Å². The van der Waals surface area contributed by atoms with Crippen molar-refractivity contribution in [2.75, 3.05) is 36.4 Å². The number of nitrogens with one attached hydrogen (secondary N) is 1. The molecular weight excluding hydrogens is 332 g/mol. The van der Waals surface area contributed by atoms with Crippen molar-refractivity contribution >= 4 is 24.0 Å². The van der Waals surface area contributed by atoms with Gasteiger partial charge in [-0.05, 0) is 12.1 Å². The fourth-order valence-electron chi connectivity index (χ4n) is 2.41. The Bertz CT molecular complexity index is 777. The van der Waals surface area contributed by atoms with Gasteiger partial charge in [0.2, 0.25) is 12.4 Å². The number of carbonyl (C=O) groups excluding carboxylic acids is 2. The van der Waals surface area contributed by atoms with Crippen LogP contribution in [0.5, 0.6) is 0 Å². The molecule has 1 aliphatic heterocycles. The summed E-state index contributed by atoms with van der Waals surface area (Å²) in [7, 11) is 0. The Morgan fingerprint density at radius 2 is 1.76 bits per heavy atom. The summed E-state index contributed by atoms with van der Waals surface area (Å²) in [6, 6.07) is 3.09. The molecule has 0 unspecified atom stereocenters. The van der Waals surface area contributed by atoms with E-state index in [0.717, 1.165) is 18.5 Å². The number of carbonyl (C=O) groups is 2. The van der Waals surface area contributed by atoms with Crippen molar-refractivity contribution in [1.82, 2.24) is 14.9 Å². The van der Waals surface area contributed by atoms with Crippen LogP contribution in [-0.4, -0.2) is 53.4 Å². The number of hydrogen-bond donors (Lipinski definition) is 1. The zero-order valence-corrected chi connectivity index (χ0v) is 13.2. The minimum Gasteiger partial charge on any atom is -0.342 e. The quantitative estimate of drug-likeness (QED) is 0.843. The Kier molecular flexibility index (Phi) is 4.82. The summed E-state index contributed by atoms with van der Waals surface area (Å²) >= 11 is 0. The van der Waals surface area contributed by atoms with Crippen molar-refractivity contribution in [3.8, 4) is 0 Å². The molecule has 0 spiro atoms. The second kappa shape index (κ2) is 7.20. The van der Waals surface area contributed by atoms with Crippen LogP contribution in [0.2, 0.25) is 0 Å². The van der Waals surface area contributed by atoms with E-state index in [0.29, 0.717) is 32.1 Å². The SMILES string of the molecule is O=CN1CCN(c2ncc(C(=O)Nc3ccc(F)c(F)c3)cn2)CC1. The average Bonchev–Trinajstić information content (AvgIpc) is 2.65. The maximum atomic E-state index is 13.2. The van der Waals surface area contributed by atoms with E-state index >= 15 is 0 Å². The molecule has 7 nitrogen and oxygen atoms in total. The summed E-state index contributed by atoms with van der Waals surface area (Å²) in [5.74, 6) is -2.09. The Labute approximate surface area is 142 Å². The first-order valence-electron chi connectivity index (χ1n) is 7.59. The Morgan fingerprint density at radius 3 is 2.36 bits per heavy atom. The number of rotatable bonds is 4. The molecule has 9 heteroatoms. The van der Waals surface area contributed by atoms with E-state index in [1.54, 1.807) is 4.90 Å². The molecule has 1 aromatic heterocycles. The van der Waals surface area contributed by atoms with Gasteiger partial charge in [0.05, 0.1) is 5.56 Å². The van der Waals surface area contributed by atoms with Gasteiger partial charge in [0.15, 0.2) is 11.6 Å². The summed E-state index contributed by atoms with van der Waals surface area (Å²) in [5.41, 5.74) is 0.331. The summed E-state index contributed by atoms with van der Waals surface area (Å²) in [6.45, 7) is 2.40. The Balaban J connectivity index is 1.64. The minimum absolute atomic E-state index is 0.137. The molecule has 1 N–H and O–H groups in total. The highest BCUT2D eigenvalue weighted by Crippen LogP contribution is 2.15. The van der Waals surface area contributed by atoms with Crippen LogP contribution in [0.4, 0.5) is 20.4 Å². The molecule has 25 heavy (non-hydrogen) atoms. The fraction of sp³-hybridized carbons (Fsp3) is 0.250. The molecule has 0 radical (unpaired) electrons. The summed E-state index contributed by atoms with van der Waals surface area (Å²) in [5, 5.41) is 2.45. The van der Waals surface area contributed by atoms with Crippen molar-refractivity contribution in [2.45, 2.75) is 0 Å². The maximum absolute atomic E-state index is 13.2. The molecule has 2 heterocycles. The van der Waals surface area contributed by atoms with Gasteiger partial charge >= 0.3 is 0 Å². The number of anilines is 2. The van der Waals surface area contributed by atoms with Crippen molar-refractivity contribution in [2.24, 2.45) is 0 Å². The summed E-state index contributed by atoms with van der Waals surface area (Å²) in [4.78, 5) is 34.7. The van der Waals surface area contributed by atoms with Crippen LogP contribution in [0.15, 0.2) is 30.6 Å². The zero-order valence-electron chi connectivity index (χ0n) is 13.2. The van der Waals surface area contributed by atoms with Gasteiger partial charge in [-0.15, -0.1) is 0 Å². The lowest BCUT2D eigenvalue weighted by molar-refractivity contribution is -0.118. The van der Waals surface area contributed by atoms with Crippen LogP contribution in [-0.2, 0) is 4.79 Å². The predicted octanol–water partition coefficient (Wildman–Crippen LogP) is 1.29. The predicted molar refractivity (Wildman–Crippen MR) is 86.2 cm³/mol. The van der Waals surface area contributed by atoms with Gasteiger partial charge in [0.1, 0.15) is 0 Å². The van der Waals surface area contributed by atoms with Gasteiger partial charge in [-0.25, -0.2) is 18.7 Å². The van der Waals surface area contributed by atoms with Crippen LogP contribution in [0, 0.1) is 11.6 Å². The maximum Gasteiger partial charge on any atom is 0.258 e. The monoisotopic (exact) mass is 347 g/mol. The third kappa shape index (κ3) is 3.87. The molecule has 0 aliphatic carbocycles. The first-order chi connectivity index (χ1) is 12.1. The van der Waals surface area contributed by atoms with Gasteiger partial charge in [-0.2, -0.15) is 0 Å². The third-order valence-electron chi connectivity index (χ3n) is 3.82. The lowest BCUT2D eigenvalue weighted by Crippen LogP contribution is -2.46. The molecule has 0 bridgehead atoms. The fourth-order valence-corrected chi connectivity index (χ4v) is 2.41. The number of amides is 2. The van der Waals surface area contributed by atoms with Crippen LogP contribution < -0.4 is 10.2 Å². The zero-order chi connectivity index (χ0) is 17.8. The van der Waals surface area contributed by atoms with Crippen LogP contribution in [0.1, 0.15) is 10.4 Å². The molecular formula is C16H15F2N5O2. The third-order valence-corrected chi connectivity index (χ3v) is 3.82. The van der Waals surface area contributed by atoms with Crippen molar-refractivity contribution in [3.05, 3.63) is 47.8 Å². The van der Waals surface area contributed by atoms with E-state index < -0.39 is 17.5 Å². The van der Waals surface area contributed by atoms with Crippen LogP contribution in [0.3, 0.4) is 0 Å². The van der Waals surface area contributed by atoms with Gasteiger partial charge in [-0.3, -0.25) is 9.59 Å². The molecule has 3 rings (SSSR count). The highest BCUT2D eigenvalue weighted by molar-refractivity contribution is 6.03. The highest BCUT2D eigenvalue weighted by atomic mass is 19.2. The lowest BCUT2D eigenvalue weighted by atomic mass is 10.2. The molecule has 2 amide bonds. The van der Waals surface area contributed by atoms with Crippen molar-refractivity contribution in [1.29, 1.82) is 0 Å². The number of hydrogen-bond acceptors (Lipinski definition) is 5. The number of benzene rings is 1. The van der Waals surface area contributed by atoms with Crippen LogP contribution in [0.25, 0.3) is 0 Å². The van der Waals surface area contributed by atoms with Crippen molar-refractivity contribution < 1.29 is 18.4 Å². The molecule has 1 aliphatic rings. The molecule has 1 saturated heterocycles. The van der Waals surface area contributed by atoms with E-state index in [-0.39, 0.29) is 11.3 Å². The Morgan fingerprint density at radius 1 is 1.08 bits per heavy atom. The molecule has 0 atom stereocenters. The smallest absolute Gasteiger partial charge is 0.258 e. The largest absolute Gasteiger partial charge is 0.342 e. The van der Waals surface area contributed by atoms with E-state index in [1.165, 1.54) is 18.5 Å². The minimum atomic E-state index is -1.04. The number of aromatic nitrogens is 2. The molecule has 1 fully saturated rings. The van der Waals surface area contributed by atoms with E-state index in [4.69, 9.17) is 0 Å². The number of nitrogens with zero attached hydrogens (tertiary/aromatic N) is 4. The van der Waals surface area contributed by atoms with E-state index in [1.807, 2.05) is 4.90 Å². The van der Waals surface area contributed by atoms with Gasteiger partial charge in [0.25, 0.3) is 5.91 Å². The normalized spacial score (nSPS) is 14.3. The van der Waals surface area contributed by atoms with E-state index in [9.17, 15) is 18.4 Å².